The number of likely N-dealkylation sites (N-methyl/N-ethyl adjacent to an activating group) is 1. The van der Waals surface area contributed by atoms with Gasteiger partial charge in [0.15, 0.2) is 0 Å². The molecule has 8 heteroatoms. The van der Waals surface area contributed by atoms with E-state index in [-0.39, 0.29) is 30.4 Å². The fourth-order valence-electron chi connectivity index (χ4n) is 3.46. The highest BCUT2D eigenvalue weighted by Gasteiger charge is 2.27. The molecule has 0 saturated carbocycles. The average molecular weight is 424 g/mol. The Hall–Kier alpha value is -1.93. The molecular formula is C21H33N3O4S. The molecule has 162 valence electrons. The molecule has 0 aromatic carbocycles. The van der Waals surface area contributed by atoms with Gasteiger partial charge in [-0.3, -0.25) is 14.5 Å². The Kier molecular flexibility index (Phi) is 8.22. The molecule has 29 heavy (non-hydrogen) atoms. The first-order valence-corrected chi connectivity index (χ1v) is 11.0. The molecule has 1 heterocycles. The summed E-state index contributed by atoms with van der Waals surface area (Å²) in [7, 11) is 1.36. The third-order valence-electron chi connectivity index (χ3n) is 4.76. The first-order chi connectivity index (χ1) is 13.6. The van der Waals surface area contributed by atoms with E-state index >= 15 is 0 Å². The van der Waals surface area contributed by atoms with Gasteiger partial charge in [-0.15, -0.1) is 11.3 Å². The van der Waals surface area contributed by atoms with Crippen molar-refractivity contribution in [3.05, 3.63) is 16.0 Å². The van der Waals surface area contributed by atoms with Crippen molar-refractivity contribution in [2.45, 2.75) is 65.3 Å². The number of nitrogens with zero attached hydrogens (tertiary/aromatic N) is 1. The summed E-state index contributed by atoms with van der Waals surface area (Å²) in [6.45, 7) is 8.46. The molecule has 0 radical (unpaired) electrons. The zero-order chi connectivity index (χ0) is 21.6. The number of hydrogen-bond acceptors (Lipinski definition) is 6. The van der Waals surface area contributed by atoms with Crippen LogP contribution >= 0.6 is 11.3 Å². The van der Waals surface area contributed by atoms with Crippen molar-refractivity contribution in [1.82, 2.24) is 10.2 Å². The lowest BCUT2D eigenvalue weighted by atomic mass is 10.1. The van der Waals surface area contributed by atoms with E-state index in [1.807, 2.05) is 27.7 Å². The maximum atomic E-state index is 12.7. The van der Waals surface area contributed by atoms with Crippen LogP contribution in [0.25, 0.3) is 0 Å². The molecular weight excluding hydrogens is 390 g/mol. The number of hydrogen-bond donors (Lipinski definition) is 2. The van der Waals surface area contributed by atoms with Crippen molar-refractivity contribution in [3.8, 4) is 0 Å². The molecule has 0 bridgehead atoms. The van der Waals surface area contributed by atoms with Gasteiger partial charge in [0, 0.05) is 10.4 Å². The highest BCUT2D eigenvalue weighted by Crippen LogP contribution is 2.37. The number of aryl methyl sites for hydroxylation is 1. The summed E-state index contributed by atoms with van der Waals surface area (Å²) in [4.78, 5) is 40.2. The molecule has 2 N–H and O–H groups in total. The van der Waals surface area contributed by atoms with Gasteiger partial charge in [0.1, 0.15) is 5.00 Å². The van der Waals surface area contributed by atoms with Gasteiger partial charge in [-0.05, 0) is 58.6 Å². The van der Waals surface area contributed by atoms with Crippen LogP contribution in [0.15, 0.2) is 0 Å². The zero-order valence-electron chi connectivity index (χ0n) is 18.1. The summed E-state index contributed by atoms with van der Waals surface area (Å²) in [5.41, 5.74) is 1.20. The third kappa shape index (κ3) is 6.82. The van der Waals surface area contributed by atoms with Crippen LogP contribution in [-0.2, 0) is 27.2 Å². The van der Waals surface area contributed by atoms with Gasteiger partial charge in [-0.1, -0.05) is 13.3 Å². The maximum Gasteiger partial charge on any atom is 0.341 e. The van der Waals surface area contributed by atoms with Crippen LogP contribution < -0.4 is 10.6 Å². The second kappa shape index (κ2) is 10.2. The van der Waals surface area contributed by atoms with Crippen molar-refractivity contribution in [1.29, 1.82) is 0 Å². The van der Waals surface area contributed by atoms with E-state index in [0.717, 1.165) is 42.5 Å². The van der Waals surface area contributed by atoms with Crippen molar-refractivity contribution in [2.75, 3.05) is 32.1 Å². The van der Waals surface area contributed by atoms with Crippen LogP contribution in [0.2, 0.25) is 0 Å². The van der Waals surface area contributed by atoms with E-state index < -0.39 is 5.97 Å². The zero-order valence-corrected chi connectivity index (χ0v) is 19.0. The number of fused-ring (bicyclic) bond motifs is 1. The van der Waals surface area contributed by atoms with Crippen molar-refractivity contribution in [3.63, 3.8) is 0 Å². The average Bonchev–Trinajstić information content (AvgIpc) is 2.79. The molecule has 1 aliphatic carbocycles. The fourth-order valence-corrected chi connectivity index (χ4v) is 4.75. The van der Waals surface area contributed by atoms with Gasteiger partial charge in [0.2, 0.25) is 11.8 Å². The van der Waals surface area contributed by atoms with Crippen LogP contribution in [0.1, 0.15) is 67.8 Å². The first-order valence-electron chi connectivity index (χ1n) is 10.2. The van der Waals surface area contributed by atoms with Gasteiger partial charge in [0.05, 0.1) is 25.8 Å². The summed E-state index contributed by atoms with van der Waals surface area (Å²) in [5.74, 6) is -0.765. The SMILES string of the molecule is CCN(CC(=O)Nc1sc2c(c1C(=O)OC)CCCCC2)CC(=O)NC(C)(C)C. The molecule has 2 amide bonds. The number of nitrogens with one attached hydrogen (secondary N) is 2. The largest absolute Gasteiger partial charge is 0.465 e. The number of methoxy groups -OCH3 is 1. The lowest BCUT2D eigenvalue weighted by Gasteiger charge is -2.24. The minimum absolute atomic E-state index is 0.0806. The summed E-state index contributed by atoms with van der Waals surface area (Å²) in [6.07, 6.45) is 5.03. The first kappa shape index (κ1) is 23.3. The van der Waals surface area contributed by atoms with E-state index in [2.05, 4.69) is 10.6 Å². The molecule has 0 atom stereocenters. The number of rotatable bonds is 7. The normalized spacial score (nSPS) is 14.1. The van der Waals surface area contributed by atoms with E-state index in [0.29, 0.717) is 17.1 Å². The van der Waals surface area contributed by atoms with Crippen LogP contribution in [0.4, 0.5) is 5.00 Å². The lowest BCUT2D eigenvalue weighted by molar-refractivity contribution is -0.124. The van der Waals surface area contributed by atoms with Gasteiger partial charge >= 0.3 is 5.97 Å². The standard InChI is InChI=1S/C21H33N3O4S/c1-6-24(13-17(26)23-21(2,3)4)12-16(25)22-19-18(20(27)28-5)14-10-8-7-9-11-15(14)29-19/h6-13H2,1-5H3,(H,22,25)(H,23,26). The number of anilines is 1. The third-order valence-corrected chi connectivity index (χ3v) is 5.97. The van der Waals surface area contributed by atoms with Crippen LogP contribution in [0.5, 0.6) is 0 Å². The summed E-state index contributed by atoms with van der Waals surface area (Å²) in [6, 6.07) is 0. The number of carbonyl (C=O) groups excluding carboxylic acids is 3. The Bertz CT molecular complexity index is 752. The topological polar surface area (TPSA) is 87.7 Å². The molecule has 0 spiro atoms. The second-order valence-electron chi connectivity index (χ2n) is 8.41. The number of amides is 2. The predicted molar refractivity (Wildman–Crippen MR) is 116 cm³/mol. The Labute approximate surface area is 177 Å². The van der Waals surface area contributed by atoms with Crippen molar-refractivity contribution < 1.29 is 19.1 Å². The fraction of sp³-hybridized carbons (Fsp3) is 0.667. The Balaban J connectivity index is 2.09. The lowest BCUT2D eigenvalue weighted by Crippen LogP contribution is -2.47. The molecule has 0 fully saturated rings. The summed E-state index contributed by atoms with van der Waals surface area (Å²) >= 11 is 1.47. The second-order valence-corrected chi connectivity index (χ2v) is 9.51. The molecule has 0 aliphatic heterocycles. The van der Waals surface area contributed by atoms with Crippen LogP contribution in [0, 0.1) is 0 Å². The van der Waals surface area contributed by atoms with E-state index in [1.54, 1.807) is 4.90 Å². The van der Waals surface area contributed by atoms with E-state index in [1.165, 1.54) is 18.4 Å². The maximum absolute atomic E-state index is 12.7. The Morgan fingerprint density at radius 3 is 2.34 bits per heavy atom. The van der Waals surface area contributed by atoms with Crippen molar-refractivity contribution in [2.24, 2.45) is 0 Å². The molecule has 0 saturated heterocycles. The number of thiophene rings is 1. The summed E-state index contributed by atoms with van der Waals surface area (Å²) in [5, 5.41) is 6.36. The van der Waals surface area contributed by atoms with Gasteiger partial charge in [0.25, 0.3) is 0 Å². The smallest absolute Gasteiger partial charge is 0.341 e. The van der Waals surface area contributed by atoms with Gasteiger partial charge in [-0.2, -0.15) is 0 Å². The Morgan fingerprint density at radius 2 is 1.72 bits per heavy atom. The number of carbonyl (C=O) groups is 3. The van der Waals surface area contributed by atoms with Crippen LogP contribution in [-0.4, -0.2) is 55.0 Å². The minimum Gasteiger partial charge on any atom is -0.465 e. The molecule has 0 unspecified atom stereocenters. The van der Waals surface area contributed by atoms with Crippen molar-refractivity contribution >= 4 is 34.1 Å². The molecule has 1 aromatic rings. The van der Waals surface area contributed by atoms with E-state index in [4.69, 9.17) is 4.74 Å². The Morgan fingerprint density at radius 1 is 1.07 bits per heavy atom. The number of esters is 1. The highest BCUT2D eigenvalue weighted by atomic mass is 32.1. The highest BCUT2D eigenvalue weighted by molar-refractivity contribution is 7.17. The minimum atomic E-state index is -0.406. The molecule has 2 rings (SSSR count). The predicted octanol–water partition coefficient (Wildman–Crippen LogP) is 2.98. The molecule has 1 aliphatic rings. The van der Waals surface area contributed by atoms with Gasteiger partial charge in [-0.25, -0.2) is 4.79 Å². The quantitative estimate of drug-likeness (QED) is 0.520. The van der Waals surface area contributed by atoms with Gasteiger partial charge < -0.3 is 15.4 Å². The van der Waals surface area contributed by atoms with E-state index in [9.17, 15) is 14.4 Å². The van der Waals surface area contributed by atoms with Crippen LogP contribution in [0.3, 0.4) is 0 Å². The molecule has 7 nitrogen and oxygen atoms in total. The number of ether oxygens (including phenoxy) is 1. The summed E-state index contributed by atoms with van der Waals surface area (Å²) < 4.78 is 4.98. The monoisotopic (exact) mass is 423 g/mol. The molecule has 1 aromatic heterocycles.